The summed E-state index contributed by atoms with van der Waals surface area (Å²) in [7, 11) is 0. The molecule has 14 heavy (non-hydrogen) atoms. The van der Waals surface area contributed by atoms with Crippen LogP contribution in [0.25, 0.3) is 0 Å². The fourth-order valence-corrected chi connectivity index (χ4v) is 2.52. The Morgan fingerprint density at radius 1 is 1.64 bits per heavy atom. The molecule has 1 saturated heterocycles. The molecule has 2 heterocycles. The molecule has 1 unspecified atom stereocenters. The molecule has 76 valence electrons. The Morgan fingerprint density at radius 2 is 2.36 bits per heavy atom. The molecule has 0 aromatic carbocycles. The Morgan fingerprint density at radius 3 is 2.79 bits per heavy atom. The first-order valence-corrected chi connectivity index (χ1v) is 5.37. The van der Waals surface area contributed by atoms with E-state index in [1.165, 1.54) is 4.88 Å². The van der Waals surface area contributed by atoms with Crippen molar-refractivity contribution in [1.29, 1.82) is 0 Å². The van der Waals surface area contributed by atoms with Crippen molar-refractivity contribution in [1.82, 2.24) is 9.88 Å². The first-order valence-electron chi connectivity index (χ1n) is 4.55. The van der Waals surface area contributed by atoms with Gasteiger partial charge in [0.1, 0.15) is 6.04 Å². The smallest absolute Gasteiger partial charge is 0.241 e. The van der Waals surface area contributed by atoms with E-state index in [4.69, 9.17) is 5.73 Å². The van der Waals surface area contributed by atoms with Gasteiger partial charge in [0.25, 0.3) is 0 Å². The van der Waals surface area contributed by atoms with Crippen molar-refractivity contribution in [2.24, 2.45) is 5.73 Å². The van der Waals surface area contributed by atoms with Crippen LogP contribution in [0.1, 0.15) is 15.6 Å². The number of thiazole rings is 1. The minimum Gasteiger partial charge on any atom is -0.334 e. The minimum atomic E-state index is -0.274. The monoisotopic (exact) mass is 211 g/mol. The van der Waals surface area contributed by atoms with Crippen molar-refractivity contribution in [3.63, 3.8) is 0 Å². The molecule has 1 aromatic heterocycles. The van der Waals surface area contributed by atoms with Crippen molar-refractivity contribution in [3.05, 3.63) is 15.6 Å². The van der Waals surface area contributed by atoms with E-state index in [9.17, 15) is 4.79 Å². The molecule has 1 amide bonds. The van der Waals surface area contributed by atoms with Gasteiger partial charge in [0.2, 0.25) is 5.91 Å². The van der Waals surface area contributed by atoms with E-state index >= 15 is 0 Å². The van der Waals surface area contributed by atoms with Crippen LogP contribution in [0.5, 0.6) is 0 Å². The van der Waals surface area contributed by atoms with E-state index in [1.807, 2.05) is 13.8 Å². The number of aromatic nitrogens is 1. The third kappa shape index (κ3) is 1.53. The van der Waals surface area contributed by atoms with Gasteiger partial charge in [-0.25, -0.2) is 4.98 Å². The number of hydrogen-bond donors (Lipinski definition) is 1. The van der Waals surface area contributed by atoms with E-state index in [1.54, 1.807) is 16.2 Å². The van der Waals surface area contributed by atoms with Crippen LogP contribution >= 0.6 is 11.3 Å². The normalized spacial score (nSPS) is 21.2. The number of hydrogen-bond acceptors (Lipinski definition) is 4. The van der Waals surface area contributed by atoms with E-state index in [0.29, 0.717) is 13.1 Å². The lowest BCUT2D eigenvalue weighted by Gasteiger charge is -2.35. The number of carbonyl (C=O) groups excluding carboxylic acids is 1. The number of amides is 1. The second kappa shape index (κ2) is 3.33. The highest BCUT2D eigenvalue weighted by Gasteiger charge is 2.33. The molecule has 0 bridgehead atoms. The van der Waals surface area contributed by atoms with Crippen molar-refractivity contribution >= 4 is 17.2 Å². The summed E-state index contributed by atoms with van der Waals surface area (Å²) in [5.74, 6) is 0.0513. The summed E-state index contributed by atoms with van der Waals surface area (Å²) >= 11 is 1.65. The number of β-lactam (4-membered cyclic amide) rings is 1. The van der Waals surface area contributed by atoms with E-state index in [0.717, 1.165) is 10.7 Å². The molecule has 2 rings (SSSR count). The van der Waals surface area contributed by atoms with Gasteiger partial charge in [-0.05, 0) is 13.8 Å². The van der Waals surface area contributed by atoms with E-state index in [2.05, 4.69) is 4.98 Å². The number of likely N-dealkylation sites (tertiary alicyclic amines) is 1. The predicted octanol–water partition coefficient (Wildman–Crippen LogP) is 0.429. The molecule has 1 aliphatic rings. The van der Waals surface area contributed by atoms with Gasteiger partial charge in [-0.15, -0.1) is 11.3 Å². The van der Waals surface area contributed by atoms with Crippen LogP contribution < -0.4 is 5.73 Å². The quantitative estimate of drug-likeness (QED) is 0.722. The zero-order valence-electron chi connectivity index (χ0n) is 8.28. The largest absolute Gasteiger partial charge is 0.334 e. The molecule has 1 aromatic rings. The van der Waals surface area contributed by atoms with E-state index in [-0.39, 0.29) is 11.9 Å². The van der Waals surface area contributed by atoms with Crippen LogP contribution in [0.3, 0.4) is 0 Å². The molecule has 0 aliphatic carbocycles. The molecule has 0 spiro atoms. The van der Waals surface area contributed by atoms with Gasteiger partial charge >= 0.3 is 0 Å². The van der Waals surface area contributed by atoms with Crippen molar-refractivity contribution in [2.45, 2.75) is 26.4 Å². The summed E-state index contributed by atoms with van der Waals surface area (Å²) in [4.78, 5) is 18.5. The lowest BCUT2D eigenvalue weighted by molar-refractivity contribution is -0.143. The zero-order chi connectivity index (χ0) is 10.3. The van der Waals surface area contributed by atoms with Gasteiger partial charge in [0.15, 0.2) is 0 Å². The summed E-state index contributed by atoms with van der Waals surface area (Å²) in [6.07, 6.45) is 0. The topological polar surface area (TPSA) is 59.2 Å². The Balaban J connectivity index is 2.05. The SMILES string of the molecule is Cc1nc(C)c(CN2CC(N)C2=O)s1. The van der Waals surface area contributed by atoms with Gasteiger partial charge in [-0.2, -0.15) is 0 Å². The summed E-state index contributed by atoms with van der Waals surface area (Å²) in [6.45, 7) is 5.30. The van der Waals surface area contributed by atoms with Gasteiger partial charge in [0, 0.05) is 11.4 Å². The summed E-state index contributed by atoms with van der Waals surface area (Å²) in [5, 5.41) is 1.05. The van der Waals surface area contributed by atoms with Gasteiger partial charge in [-0.3, -0.25) is 4.79 Å². The molecule has 1 aliphatic heterocycles. The Labute approximate surface area is 86.7 Å². The van der Waals surface area contributed by atoms with Crippen LogP contribution in [-0.4, -0.2) is 28.4 Å². The number of nitrogens with two attached hydrogens (primary N) is 1. The maximum absolute atomic E-state index is 11.3. The van der Waals surface area contributed by atoms with Crippen LogP contribution in [0.4, 0.5) is 0 Å². The predicted molar refractivity (Wildman–Crippen MR) is 55.0 cm³/mol. The average Bonchev–Trinajstić information content (AvgIpc) is 2.44. The molecular formula is C9H13N3OS. The van der Waals surface area contributed by atoms with Crippen LogP contribution in [0.15, 0.2) is 0 Å². The Bertz CT molecular complexity index is 374. The van der Waals surface area contributed by atoms with Crippen molar-refractivity contribution < 1.29 is 4.79 Å². The fourth-order valence-electron chi connectivity index (χ4n) is 1.56. The zero-order valence-corrected chi connectivity index (χ0v) is 9.10. The Hall–Kier alpha value is -0.940. The number of aryl methyl sites for hydroxylation is 2. The van der Waals surface area contributed by atoms with E-state index < -0.39 is 0 Å². The molecule has 1 fully saturated rings. The molecule has 0 radical (unpaired) electrons. The summed E-state index contributed by atoms with van der Waals surface area (Å²) in [6, 6.07) is -0.274. The second-order valence-electron chi connectivity index (χ2n) is 3.57. The number of carbonyl (C=O) groups is 1. The first kappa shape index (κ1) is 9.61. The molecular weight excluding hydrogens is 198 g/mol. The van der Waals surface area contributed by atoms with Gasteiger partial charge < -0.3 is 10.6 Å². The van der Waals surface area contributed by atoms with Gasteiger partial charge in [-0.1, -0.05) is 0 Å². The fraction of sp³-hybridized carbons (Fsp3) is 0.556. The highest BCUT2D eigenvalue weighted by molar-refractivity contribution is 7.11. The highest BCUT2D eigenvalue weighted by atomic mass is 32.1. The van der Waals surface area contributed by atoms with Crippen LogP contribution in [0, 0.1) is 13.8 Å². The molecule has 1 atom stereocenters. The highest BCUT2D eigenvalue weighted by Crippen LogP contribution is 2.21. The summed E-state index contributed by atoms with van der Waals surface area (Å²) < 4.78 is 0. The summed E-state index contributed by atoms with van der Waals surface area (Å²) in [5.41, 5.74) is 6.53. The first-order chi connectivity index (χ1) is 6.58. The average molecular weight is 211 g/mol. The van der Waals surface area contributed by atoms with Crippen molar-refractivity contribution in [2.75, 3.05) is 6.54 Å². The molecule has 4 nitrogen and oxygen atoms in total. The second-order valence-corrected chi connectivity index (χ2v) is 4.85. The molecule has 0 saturated carbocycles. The number of rotatable bonds is 2. The third-order valence-electron chi connectivity index (χ3n) is 2.38. The standard InChI is InChI=1S/C9H13N3OS/c1-5-8(14-6(2)11-5)4-12-3-7(10)9(12)13/h7H,3-4,10H2,1-2H3. The maximum atomic E-state index is 11.3. The van der Waals surface area contributed by atoms with Crippen LogP contribution in [-0.2, 0) is 11.3 Å². The lowest BCUT2D eigenvalue weighted by Crippen LogP contribution is -2.60. The van der Waals surface area contributed by atoms with Crippen LogP contribution in [0.2, 0.25) is 0 Å². The minimum absolute atomic E-state index is 0.0513. The maximum Gasteiger partial charge on any atom is 0.241 e. The molecule has 2 N–H and O–H groups in total. The lowest BCUT2D eigenvalue weighted by atomic mass is 10.1. The van der Waals surface area contributed by atoms with Crippen molar-refractivity contribution in [3.8, 4) is 0 Å². The van der Waals surface area contributed by atoms with Gasteiger partial charge in [0.05, 0.1) is 17.2 Å². The molecule has 5 heteroatoms. The Kier molecular flexibility index (Phi) is 2.28. The third-order valence-corrected chi connectivity index (χ3v) is 3.44. The number of nitrogens with zero attached hydrogens (tertiary/aromatic N) is 2.